The number of hydrogen-bond donors (Lipinski definition) is 0. The van der Waals surface area contributed by atoms with Crippen LogP contribution in [0.15, 0.2) is 0 Å². The highest BCUT2D eigenvalue weighted by molar-refractivity contribution is 5.60. The first-order valence-corrected chi connectivity index (χ1v) is 6.55. The van der Waals surface area contributed by atoms with Gasteiger partial charge in [0, 0.05) is 0 Å². The van der Waals surface area contributed by atoms with Gasteiger partial charge in [0.25, 0.3) is 0 Å². The molecule has 0 radical (unpaired) electrons. The van der Waals surface area contributed by atoms with E-state index in [1.165, 1.54) is 0 Å². The zero-order valence-corrected chi connectivity index (χ0v) is 11.4. The summed E-state index contributed by atoms with van der Waals surface area (Å²) in [5.74, 6) is 0. The molecule has 0 saturated carbocycles. The lowest BCUT2D eigenvalue weighted by atomic mass is 10.1. The van der Waals surface area contributed by atoms with Crippen LogP contribution >= 0.6 is 0 Å². The molecule has 20 heavy (non-hydrogen) atoms. The molecule has 2 rings (SSSR count). The number of carbonyl (C=O) groups is 2. The van der Waals surface area contributed by atoms with E-state index in [0.29, 0.717) is 0 Å². The SMILES string of the molecule is CCOC(=O)OC1COC2C(OC(=O)OCC)COC12. The van der Waals surface area contributed by atoms with E-state index in [1.54, 1.807) is 13.8 Å². The van der Waals surface area contributed by atoms with Crippen molar-refractivity contribution in [1.82, 2.24) is 0 Å². The molecule has 0 bridgehead atoms. The Bertz CT molecular complexity index is 323. The van der Waals surface area contributed by atoms with Crippen molar-refractivity contribution in [1.29, 1.82) is 0 Å². The van der Waals surface area contributed by atoms with Gasteiger partial charge >= 0.3 is 12.3 Å². The van der Waals surface area contributed by atoms with Gasteiger partial charge < -0.3 is 28.4 Å². The van der Waals surface area contributed by atoms with Gasteiger partial charge in [-0.15, -0.1) is 0 Å². The highest BCUT2D eigenvalue weighted by Gasteiger charge is 2.51. The maximum atomic E-state index is 11.3. The predicted molar refractivity (Wildman–Crippen MR) is 63.3 cm³/mol. The molecule has 8 heteroatoms. The monoisotopic (exact) mass is 290 g/mol. The van der Waals surface area contributed by atoms with Crippen LogP contribution in [0.3, 0.4) is 0 Å². The molecule has 0 amide bonds. The minimum atomic E-state index is -0.764. The Hall–Kier alpha value is -1.54. The van der Waals surface area contributed by atoms with Gasteiger partial charge in [0.15, 0.2) is 12.2 Å². The molecule has 114 valence electrons. The van der Waals surface area contributed by atoms with Gasteiger partial charge in [0.05, 0.1) is 26.4 Å². The van der Waals surface area contributed by atoms with Gasteiger partial charge in [-0.2, -0.15) is 0 Å². The van der Waals surface area contributed by atoms with Gasteiger partial charge in [-0.05, 0) is 13.8 Å². The van der Waals surface area contributed by atoms with Crippen LogP contribution in [0.25, 0.3) is 0 Å². The Morgan fingerprint density at radius 3 is 1.65 bits per heavy atom. The second-order valence-electron chi connectivity index (χ2n) is 4.27. The van der Waals surface area contributed by atoms with Crippen LogP contribution in [0.5, 0.6) is 0 Å². The Morgan fingerprint density at radius 1 is 0.900 bits per heavy atom. The maximum absolute atomic E-state index is 11.3. The maximum Gasteiger partial charge on any atom is 0.508 e. The normalized spacial score (nSPS) is 31.5. The van der Waals surface area contributed by atoms with Crippen molar-refractivity contribution >= 4 is 12.3 Å². The van der Waals surface area contributed by atoms with Gasteiger partial charge in [-0.25, -0.2) is 9.59 Å². The van der Waals surface area contributed by atoms with Crippen LogP contribution in [0.1, 0.15) is 13.8 Å². The predicted octanol–water partition coefficient (Wildman–Crippen LogP) is 0.867. The molecular weight excluding hydrogens is 272 g/mol. The minimum absolute atomic E-state index is 0.177. The largest absolute Gasteiger partial charge is 0.508 e. The van der Waals surface area contributed by atoms with Gasteiger partial charge in [0.1, 0.15) is 12.2 Å². The summed E-state index contributed by atoms with van der Waals surface area (Å²) in [6, 6.07) is 0. The smallest absolute Gasteiger partial charge is 0.435 e. The molecule has 2 fully saturated rings. The Morgan fingerprint density at radius 2 is 1.30 bits per heavy atom. The number of rotatable bonds is 4. The van der Waals surface area contributed by atoms with E-state index < -0.39 is 36.7 Å². The molecule has 2 aliphatic rings. The lowest BCUT2D eigenvalue weighted by Gasteiger charge is -2.16. The Kier molecular flexibility index (Phi) is 5.02. The molecule has 0 aliphatic carbocycles. The average Bonchev–Trinajstić information content (AvgIpc) is 2.95. The summed E-state index contributed by atoms with van der Waals surface area (Å²) in [7, 11) is 0. The summed E-state index contributed by atoms with van der Waals surface area (Å²) in [6.07, 6.45) is -3.57. The first-order chi connectivity index (χ1) is 9.65. The molecule has 2 saturated heterocycles. The van der Waals surface area contributed by atoms with Crippen molar-refractivity contribution in [2.75, 3.05) is 26.4 Å². The average molecular weight is 290 g/mol. The summed E-state index contributed by atoms with van der Waals surface area (Å²) < 4.78 is 30.5. The molecule has 0 spiro atoms. The fourth-order valence-electron chi connectivity index (χ4n) is 2.18. The third-order valence-corrected chi connectivity index (χ3v) is 2.98. The second-order valence-corrected chi connectivity index (χ2v) is 4.27. The van der Waals surface area contributed by atoms with Crippen molar-refractivity contribution in [3.05, 3.63) is 0 Å². The Labute approximate surface area is 116 Å². The quantitative estimate of drug-likeness (QED) is 0.704. The molecule has 0 aromatic heterocycles. The van der Waals surface area contributed by atoms with E-state index in [9.17, 15) is 9.59 Å². The van der Waals surface area contributed by atoms with Crippen molar-refractivity contribution in [2.24, 2.45) is 0 Å². The summed E-state index contributed by atoms with van der Waals surface area (Å²) >= 11 is 0. The highest BCUT2D eigenvalue weighted by atomic mass is 16.8. The molecule has 0 aromatic carbocycles. The van der Waals surface area contributed by atoms with E-state index in [-0.39, 0.29) is 26.4 Å². The topological polar surface area (TPSA) is 89.5 Å². The molecule has 0 aromatic rings. The lowest BCUT2D eigenvalue weighted by Crippen LogP contribution is -2.36. The molecule has 4 unspecified atom stereocenters. The zero-order chi connectivity index (χ0) is 14.5. The van der Waals surface area contributed by atoms with Crippen LogP contribution in [-0.2, 0) is 28.4 Å². The minimum Gasteiger partial charge on any atom is -0.435 e. The molecule has 0 N–H and O–H groups in total. The van der Waals surface area contributed by atoms with Crippen molar-refractivity contribution in [3.63, 3.8) is 0 Å². The number of carbonyl (C=O) groups excluding carboxylic acids is 2. The number of ether oxygens (including phenoxy) is 6. The highest BCUT2D eigenvalue weighted by Crippen LogP contribution is 2.30. The van der Waals surface area contributed by atoms with Crippen molar-refractivity contribution < 1.29 is 38.0 Å². The zero-order valence-electron chi connectivity index (χ0n) is 11.4. The lowest BCUT2D eigenvalue weighted by molar-refractivity contribution is -0.0407. The van der Waals surface area contributed by atoms with E-state index >= 15 is 0 Å². The molecule has 2 aliphatic heterocycles. The van der Waals surface area contributed by atoms with Gasteiger partial charge in [-0.3, -0.25) is 0 Å². The summed E-state index contributed by atoms with van der Waals surface area (Å²) in [5.41, 5.74) is 0. The molecule has 8 nitrogen and oxygen atoms in total. The molecular formula is C12H18O8. The van der Waals surface area contributed by atoms with E-state index in [0.717, 1.165) is 0 Å². The van der Waals surface area contributed by atoms with Gasteiger partial charge in [-0.1, -0.05) is 0 Å². The number of fused-ring (bicyclic) bond motifs is 1. The standard InChI is InChI=1S/C12H18O8/c1-3-15-11(13)19-7-5-17-10-8(6-18-9(7)10)20-12(14)16-4-2/h7-10H,3-6H2,1-2H3. The van der Waals surface area contributed by atoms with Crippen LogP contribution in [0.2, 0.25) is 0 Å². The second kappa shape index (κ2) is 6.76. The fraction of sp³-hybridized carbons (Fsp3) is 0.833. The summed E-state index contributed by atoms with van der Waals surface area (Å²) in [4.78, 5) is 22.5. The third kappa shape index (κ3) is 3.31. The van der Waals surface area contributed by atoms with Gasteiger partial charge in [0.2, 0.25) is 0 Å². The van der Waals surface area contributed by atoms with Crippen LogP contribution < -0.4 is 0 Å². The van der Waals surface area contributed by atoms with Crippen molar-refractivity contribution in [3.8, 4) is 0 Å². The van der Waals surface area contributed by atoms with Crippen LogP contribution in [0.4, 0.5) is 9.59 Å². The first-order valence-electron chi connectivity index (χ1n) is 6.55. The summed E-state index contributed by atoms with van der Waals surface area (Å²) in [5, 5.41) is 0. The third-order valence-electron chi connectivity index (χ3n) is 2.98. The van der Waals surface area contributed by atoms with E-state index in [2.05, 4.69) is 0 Å². The van der Waals surface area contributed by atoms with E-state index in [4.69, 9.17) is 28.4 Å². The molecule has 4 atom stereocenters. The fourth-order valence-corrected chi connectivity index (χ4v) is 2.18. The van der Waals surface area contributed by atoms with Crippen LogP contribution in [-0.4, -0.2) is 63.2 Å². The summed E-state index contributed by atoms with van der Waals surface area (Å²) in [6.45, 7) is 4.19. The first kappa shape index (κ1) is 14.9. The molecule has 2 heterocycles. The van der Waals surface area contributed by atoms with Crippen molar-refractivity contribution in [2.45, 2.75) is 38.3 Å². The Balaban J connectivity index is 1.84. The van der Waals surface area contributed by atoms with Crippen LogP contribution in [0, 0.1) is 0 Å². The van der Waals surface area contributed by atoms with E-state index in [1.807, 2.05) is 0 Å². The number of hydrogen-bond acceptors (Lipinski definition) is 8.